The Morgan fingerprint density at radius 2 is 1.91 bits per heavy atom. The molecular formula is C13H14N6O3. The fourth-order valence-corrected chi connectivity index (χ4v) is 2.38. The zero-order chi connectivity index (χ0) is 16.0. The Labute approximate surface area is 123 Å². The second-order valence-electron chi connectivity index (χ2n) is 5.23. The van der Waals surface area contributed by atoms with Crippen molar-refractivity contribution in [2.75, 3.05) is 0 Å². The lowest BCUT2D eigenvalue weighted by atomic mass is 10.2. The van der Waals surface area contributed by atoms with Crippen molar-refractivity contribution in [2.45, 2.75) is 19.9 Å². The van der Waals surface area contributed by atoms with E-state index in [0.29, 0.717) is 11.2 Å². The lowest BCUT2D eigenvalue weighted by Gasteiger charge is -2.06. The Bertz CT molecular complexity index is 1040. The maximum Gasteiger partial charge on any atom is 0.330 e. The SMILES string of the molecule is CC(C)n1c(=O)n(C)c2nnc(-c3c[nH]c(=O)[nH]c3=O)cc21. The minimum absolute atomic E-state index is 0.0675. The Morgan fingerprint density at radius 3 is 2.55 bits per heavy atom. The first kappa shape index (κ1) is 14.0. The molecule has 0 aliphatic rings. The van der Waals surface area contributed by atoms with Gasteiger partial charge in [0.25, 0.3) is 5.56 Å². The molecular weight excluding hydrogens is 288 g/mol. The van der Waals surface area contributed by atoms with Crippen molar-refractivity contribution in [1.82, 2.24) is 29.3 Å². The average molecular weight is 302 g/mol. The van der Waals surface area contributed by atoms with Crippen molar-refractivity contribution < 1.29 is 0 Å². The van der Waals surface area contributed by atoms with Crippen LogP contribution in [0.15, 0.2) is 26.6 Å². The highest BCUT2D eigenvalue weighted by Crippen LogP contribution is 2.18. The molecule has 114 valence electrons. The Kier molecular flexibility index (Phi) is 3.05. The maximum atomic E-state index is 12.2. The summed E-state index contributed by atoms with van der Waals surface area (Å²) in [7, 11) is 1.62. The lowest BCUT2D eigenvalue weighted by molar-refractivity contribution is 0.583. The maximum absolute atomic E-state index is 12.2. The molecule has 0 atom stereocenters. The minimum atomic E-state index is -0.596. The molecule has 0 saturated carbocycles. The zero-order valence-corrected chi connectivity index (χ0v) is 12.2. The van der Waals surface area contributed by atoms with Crippen LogP contribution in [0.1, 0.15) is 19.9 Å². The number of fused-ring (bicyclic) bond motifs is 1. The number of H-pyrrole nitrogens is 2. The zero-order valence-electron chi connectivity index (χ0n) is 12.2. The summed E-state index contributed by atoms with van der Waals surface area (Å²) in [6, 6.07) is 1.55. The Balaban J connectivity index is 2.34. The van der Waals surface area contributed by atoms with Gasteiger partial charge in [-0.1, -0.05) is 0 Å². The number of hydrogen-bond donors (Lipinski definition) is 2. The topological polar surface area (TPSA) is 118 Å². The molecule has 9 nitrogen and oxygen atoms in total. The van der Waals surface area contributed by atoms with Crippen LogP contribution in [0, 0.1) is 0 Å². The molecule has 0 spiro atoms. The van der Waals surface area contributed by atoms with Crippen molar-refractivity contribution in [3.8, 4) is 11.3 Å². The van der Waals surface area contributed by atoms with Gasteiger partial charge in [-0.3, -0.25) is 18.9 Å². The van der Waals surface area contributed by atoms with E-state index in [0.717, 1.165) is 0 Å². The number of imidazole rings is 1. The van der Waals surface area contributed by atoms with E-state index in [1.54, 1.807) is 17.7 Å². The van der Waals surface area contributed by atoms with Crippen LogP contribution in [-0.2, 0) is 7.05 Å². The smallest absolute Gasteiger partial charge is 0.313 e. The van der Waals surface area contributed by atoms with E-state index in [9.17, 15) is 14.4 Å². The highest BCUT2D eigenvalue weighted by Gasteiger charge is 2.17. The van der Waals surface area contributed by atoms with Gasteiger partial charge in [-0.25, -0.2) is 9.59 Å². The molecule has 0 radical (unpaired) electrons. The van der Waals surface area contributed by atoms with Gasteiger partial charge >= 0.3 is 11.4 Å². The normalized spacial score (nSPS) is 11.5. The summed E-state index contributed by atoms with van der Waals surface area (Å²) in [5, 5.41) is 8.01. The van der Waals surface area contributed by atoms with E-state index in [2.05, 4.69) is 20.2 Å². The standard InChI is InChI=1S/C13H14N6O3/c1-6(2)19-9-4-8(7-5-14-12(21)15-11(7)20)16-17-10(9)18(3)13(19)22/h4-6H,1-3H3,(H2,14,15,20,21). The van der Waals surface area contributed by atoms with Crippen LogP contribution >= 0.6 is 0 Å². The number of hydrogen-bond acceptors (Lipinski definition) is 5. The number of rotatable bonds is 2. The molecule has 3 aromatic rings. The van der Waals surface area contributed by atoms with Gasteiger partial charge in [-0.15, -0.1) is 10.2 Å². The lowest BCUT2D eigenvalue weighted by Crippen LogP contribution is -2.23. The van der Waals surface area contributed by atoms with E-state index in [4.69, 9.17) is 0 Å². The molecule has 3 heterocycles. The number of aromatic nitrogens is 6. The molecule has 0 saturated heterocycles. The highest BCUT2D eigenvalue weighted by atomic mass is 16.2. The van der Waals surface area contributed by atoms with Crippen LogP contribution in [0.4, 0.5) is 0 Å². The summed E-state index contributed by atoms with van der Waals surface area (Å²) >= 11 is 0. The van der Waals surface area contributed by atoms with E-state index < -0.39 is 11.2 Å². The van der Waals surface area contributed by atoms with E-state index in [1.165, 1.54) is 10.8 Å². The molecule has 0 bridgehead atoms. The molecule has 2 N–H and O–H groups in total. The van der Waals surface area contributed by atoms with Crippen LogP contribution < -0.4 is 16.9 Å². The predicted molar refractivity (Wildman–Crippen MR) is 79.8 cm³/mol. The first-order chi connectivity index (χ1) is 10.4. The van der Waals surface area contributed by atoms with Crippen molar-refractivity contribution in [1.29, 1.82) is 0 Å². The van der Waals surface area contributed by atoms with Crippen molar-refractivity contribution in [3.05, 3.63) is 43.6 Å². The average Bonchev–Trinajstić information content (AvgIpc) is 2.70. The van der Waals surface area contributed by atoms with Crippen LogP contribution in [-0.4, -0.2) is 29.3 Å². The summed E-state index contributed by atoms with van der Waals surface area (Å²) in [6.45, 7) is 3.77. The first-order valence-electron chi connectivity index (χ1n) is 6.67. The second kappa shape index (κ2) is 4.79. The monoisotopic (exact) mass is 302 g/mol. The number of nitrogens with one attached hydrogen (secondary N) is 2. The Morgan fingerprint density at radius 1 is 1.18 bits per heavy atom. The van der Waals surface area contributed by atoms with Crippen LogP contribution in [0.25, 0.3) is 22.4 Å². The van der Waals surface area contributed by atoms with Crippen molar-refractivity contribution in [2.24, 2.45) is 7.05 Å². The molecule has 0 amide bonds. The van der Waals surface area contributed by atoms with Crippen molar-refractivity contribution >= 4 is 11.2 Å². The fraction of sp³-hybridized carbons (Fsp3) is 0.308. The number of aromatic amines is 2. The van der Waals surface area contributed by atoms with E-state index in [1.807, 2.05) is 13.8 Å². The van der Waals surface area contributed by atoms with Gasteiger partial charge < -0.3 is 4.98 Å². The summed E-state index contributed by atoms with van der Waals surface area (Å²) in [5.41, 5.74) is 0.118. The predicted octanol–water partition coefficient (Wildman–Crippen LogP) is -0.246. The van der Waals surface area contributed by atoms with Gasteiger partial charge in [0.2, 0.25) is 0 Å². The molecule has 9 heteroatoms. The van der Waals surface area contributed by atoms with Crippen LogP contribution in [0.3, 0.4) is 0 Å². The van der Waals surface area contributed by atoms with Crippen LogP contribution in [0.5, 0.6) is 0 Å². The van der Waals surface area contributed by atoms with Gasteiger partial charge in [0.05, 0.1) is 11.1 Å². The molecule has 0 unspecified atom stereocenters. The third-order valence-electron chi connectivity index (χ3n) is 3.44. The highest BCUT2D eigenvalue weighted by molar-refractivity contribution is 5.76. The molecule has 0 fully saturated rings. The van der Waals surface area contributed by atoms with Gasteiger partial charge in [0, 0.05) is 19.3 Å². The first-order valence-corrected chi connectivity index (χ1v) is 6.67. The van der Waals surface area contributed by atoms with Gasteiger partial charge in [-0.05, 0) is 19.9 Å². The number of nitrogens with zero attached hydrogens (tertiary/aromatic N) is 4. The minimum Gasteiger partial charge on any atom is -0.313 e. The third-order valence-corrected chi connectivity index (χ3v) is 3.44. The third kappa shape index (κ3) is 1.98. The van der Waals surface area contributed by atoms with Gasteiger partial charge in [0.15, 0.2) is 5.65 Å². The summed E-state index contributed by atoms with van der Waals surface area (Å²) in [4.78, 5) is 39.7. The molecule has 22 heavy (non-hydrogen) atoms. The summed E-state index contributed by atoms with van der Waals surface area (Å²) < 4.78 is 2.98. The number of aryl methyl sites for hydroxylation is 1. The molecule has 0 aromatic carbocycles. The van der Waals surface area contributed by atoms with Crippen LogP contribution in [0.2, 0.25) is 0 Å². The second-order valence-corrected chi connectivity index (χ2v) is 5.23. The summed E-state index contributed by atoms with van der Waals surface area (Å²) in [6.07, 6.45) is 1.28. The van der Waals surface area contributed by atoms with E-state index >= 15 is 0 Å². The quantitative estimate of drug-likeness (QED) is 0.677. The molecule has 3 rings (SSSR count). The molecule has 0 aliphatic heterocycles. The largest absolute Gasteiger partial charge is 0.330 e. The summed E-state index contributed by atoms with van der Waals surface area (Å²) in [5.74, 6) is 0. The fourth-order valence-electron chi connectivity index (χ4n) is 2.38. The van der Waals surface area contributed by atoms with Gasteiger partial charge in [0.1, 0.15) is 5.69 Å². The Hall–Kier alpha value is -2.97. The molecule has 3 aromatic heterocycles. The van der Waals surface area contributed by atoms with E-state index in [-0.39, 0.29) is 23.0 Å². The van der Waals surface area contributed by atoms with Gasteiger partial charge in [-0.2, -0.15) is 0 Å². The molecule has 0 aliphatic carbocycles. The van der Waals surface area contributed by atoms with Crippen molar-refractivity contribution in [3.63, 3.8) is 0 Å².